The second-order valence-corrected chi connectivity index (χ2v) is 7.64. The number of hydrogen-bond donors (Lipinski definition) is 1. The summed E-state index contributed by atoms with van der Waals surface area (Å²) in [6.07, 6.45) is 1.79. The van der Waals surface area contributed by atoms with Crippen LogP contribution in [-0.2, 0) is 0 Å². The standard InChI is InChI=1S/C22H22N4O3S/c1-4-28-17-9-7-16(8-10-17)26-14(2)12-18(15(26)3)20(27)13-30-22-25-24-21(29-22)19-6-5-11-23-19/h5-12,23H,4,13H2,1-3H3. The lowest BCUT2D eigenvalue weighted by atomic mass is 10.2. The number of nitrogens with one attached hydrogen (secondary N) is 1. The molecule has 1 N–H and O–H groups in total. The molecule has 4 rings (SSSR count). The summed E-state index contributed by atoms with van der Waals surface area (Å²) in [5.74, 6) is 1.48. The summed E-state index contributed by atoms with van der Waals surface area (Å²) in [6.45, 7) is 6.54. The van der Waals surface area contributed by atoms with Crippen LogP contribution in [0.5, 0.6) is 5.75 Å². The number of rotatable bonds is 8. The van der Waals surface area contributed by atoms with E-state index in [1.165, 1.54) is 11.8 Å². The second kappa shape index (κ2) is 8.62. The second-order valence-electron chi connectivity index (χ2n) is 6.72. The lowest BCUT2D eigenvalue weighted by molar-refractivity contribution is 0.102. The monoisotopic (exact) mass is 422 g/mol. The minimum Gasteiger partial charge on any atom is -0.494 e. The third-order valence-corrected chi connectivity index (χ3v) is 5.52. The van der Waals surface area contributed by atoms with Crippen molar-refractivity contribution in [3.63, 3.8) is 0 Å². The molecule has 3 aromatic heterocycles. The molecule has 0 aliphatic heterocycles. The van der Waals surface area contributed by atoms with Crippen LogP contribution in [0.25, 0.3) is 17.3 Å². The van der Waals surface area contributed by atoms with Crippen LogP contribution in [0.1, 0.15) is 28.7 Å². The molecule has 0 saturated heterocycles. The molecule has 8 heteroatoms. The Morgan fingerprint density at radius 1 is 1.20 bits per heavy atom. The van der Waals surface area contributed by atoms with Gasteiger partial charge in [-0.15, -0.1) is 10.2 Å². The molecule has 154 valence electrons. The number of ether oxygens (including phenoxy) is 1. The Morgan fingerprint density at radius 3 is 2.70 bits per heavy atom. The number of Topliss-reactive ketones (excluding diaryl/α,β-unsaturated/α-hetero) is 1. The first-order chi connectivity index (χ1) is 14.6. The normalized spacial score (nSPS) is 11.0. The van der Waals surface area contributed by atoms with E-state index in [-0.39, 0.29) is 11.5 Å². The molecule has 0 fully saturated rings. The smallest absolute Gasteiger partial charge is 0.277 e. The van der Waals surface area contributed by atoms with Gasteiger partial charge in [-0.3, -0.25) is 4.79 Å². The van der Waals surface area contributed by atoms with E-state index in [1.54, 1.807) is 6.20 Å². The predicted octanol–water partition coefficient (Wildman–Crippen LogP) is 4.85. The highest BCUT2D eigenvalue weighted by molar-refractivity contribution is 7.99. The molecule has 0 bridgehead atoms. The molecule has 30 heavy (non-hydrogen) atoms. The molecular formula is C22H22N4O3S. The molecule has 0 unspecified atom stereocenters. The molecule has 1 aromatic carbocycles. The Hall–Kier alpha value is -3.26. The lowest BCUT2D eigenvalue weighted by Crippen LogP contribution is -2.05. The number of aromatic nitrogens is 4. The first-order valence-corrected chi connectivity index (χ1v) is 10.6. The minimum atomic E-state index is 0.0184. The van der Waals surface area contributed by atoms with Gasteiger partial charge in [-0.2, -0.15) is 0 Å². The van der Waals surface area contributed by atoms with Crippen LogP contribution in [0.15, 0.2) is 58.3 Å². The molecule has 0 aliphatic rings. The number of benzene rings is 1. The summed E-state index contributed by atoms with van der Waals surface area (Å²) in [6, 6.07) is 13.5. The van der Waals surface area contributed by atoms with E-state index in [2.05, 4.69) is 19.7 Å². The van der Waals surface area contributed by atoms with E-state index in [0.717, 1.165) is 28.5 Å². The lowest BCUT2D eigenvalue weighted by Gasteiger charge is -2.11. The van der Waals surface area contributed by atoms with Crippen LogP contribution in [-0.4, -0.2) is 37.9 Å². The molecule has 0 spiro atoms. The average molecular weight is 423 g/mol. The number of ketones is 1. The largest absolute Gasteiger partial charge is 0.494 e. The topological polar surface area (TPSA) is 85.9 Å². The van der Waals surface area contributed by atoms with E-state index in [1.807, 2.05) is 63.2 Å². The van der Waals surface area contributed by atoms with Crippen molar-refractivity contribution in [3.8, 4) is 23.0 Å². The van der Waals surface area contributed by atoms with Crippen molar-refractivity contribution in [1.29, 1.82) is 0 Å². The number of aromatic amines is 1. The molecule has 0 atom stereocenters. The molecule has 0 aliphatic carbocycles. The van der Waals surface area contributed by atoms with Crippen molar-refractivity contribution in [3.05, 3.63) is 65.6 Å². The van der Waals surface area contributed by atoms with Crippen molar-refractivity contribution >= 4 is 17.5 Å². The van der Waals surface area contributed by atoms with Crippen LogP contribution in [0.3, 0.4) is 0 Å². The van der Waals surface area contributed by atoms with Gasteiger partial charge < -0.3 is 18.7 Å². The number of hydrogen-bond acceptors (Lipinski definition) is 6. The first kappa shape index (κ1) is 20.0. The maximum atomic E-state index is 12.9. The zero-order chi connectivity index (χ0) is 21.1. The number of carbonyl (C=O) groups is 1. The highest BCUT2D eigenvalue weighted by Crippen LogP contribution is 2.26. The molecular weight excluding hydrogens is 400 g/mol. The van der Waals surface area contributed by atoms with Gasteiger partial charge in [0.2, 0.25) is 0 Å². The molecule has 7 nitrogen and oxygen atoms in total. The average Bonchev–Trinajstić information content (AvgIpc) is 3.48. The highest BCUT2D eigenvalue weighted by Gasteiger charge is 2.18. The van der Waals surface area contributed by atoms with Crippen molar-refractivity contribution in [2.24, 2.45) is 0 Å². The van der Waals surface area contributed by atoms with Crippen LogP contribution in [0.4, 0.5) is 0 Å². The highest BCUT2D eigenvalue weighted by atomic mass is 32.2. The minimum absolute atomic E-state index is 0.0184. The molecule has 0 amide bonds. The number of nitrogens with zero attached hydrogens (tertiary/aromatic N) is 3. The third kappa shape index (κ3) is 4.04. The summed E-state index contributed by atoms with van der Waals surface area (Å²) in [4.78, 5) is 15.9. The third-order valence-electron chi connectivity index (χ3n) is 4.70. The maximum Gasteiger partial charge on any atom is 0.277 e. The predicted molar refractivity (Wildman–Crippen MR) is 116 cm³/mol. The molecule has 0 saturated carbocycles. The Balaban J connectivity index is 1.48. The maximum absolute atomic E-state index is 12.9. The van der Waals surface area contributed by atoms with Gasteiger partial charge in [-0.05, 0) is 63.2 Å². The van der Waals surface area contributed by atoms with E-state index >= 15 is 0 Å². The summed E-state index contributed by atoms with van der Waals surface area (Å²) in [5, 5.41) is 8.39. The van der Waals surface area contributed by atoms with Crippen molar-refractivity contribution in [2.75, 3.05) is 12.4 Å². The van der Waals surface area contributed by atoms with E-state index < -0.39 is 0 Å². The Kier molecular flexibility index (Phi) is 5.76. The molecule has 3 heterocycles. The summed E-state index contributed by atoms with van der Waals surface area (Å²) in [5.41, 5.74) is 4.34. The first-order valence-electron chi connectivity index (χ1n) is 9.62. The zero-order valence-electron chi connectivity index (χ0n) is 17.0. The van der Waals surface area contributed by atoms with Crippen molar-refractivity contribution in [2.45, 2.75) is 26.0 Å². The number of carbonyl (C=O) groups excluding carboxylic acids is 1. The SMILES string of the molecule is CCOc1ccc(-n2c(C)cc(C(=O)CSc3nnc(-c4ccc[nH]4)o3)c2C)cc1. The van der Waals surface area contributed by atoms with E-state index in [0.29, 0.717) is 23.3 Å². The fraction of sp³-hybridized carbons (Fsp3) is 0.227. The molecule has 0 radical (unpaired) electrons. The van der Waals surface area contributed by atoms with Crippen LogP contribution in [0, 0.1) is 13.8 Å². The summed E-state index contributed by atoms with van der Waals surface area (Å²) < 4.78 is 13.2. The fourth-order valence-electron chi connectivity index (χ4n) is 3.35. The van der Waals surface area contributed by atoms with Gasteiger partial charge in [0.25, 0.3) is 11.1 Å². The number of aryl methyl sites for hydroxylation is 1. The van der Waals surface area contributed by atoms with Gasteiger partial charge >= 0.3 is 0 Å². The van der Waals surface area contributed by atoms with Gasteiger partial charge in [0.1, 0.15) is 11.4 Å². The van der Waals surface area contributed by atoms with Gasteiger partial charge in [0.05, 0.1) is 12.4 Å². The Bertz CT molecular complexity index is 1140. The van der Waals surface area contributed by atoms with E-state index in [4.69, 9.17) is 9.15 Å². The van der Waals surface area contributed by atoms with E-state index in [9.17, 15) is 4.79 Å². The number of H-pyrrole nitrogens is 1. The Morgan fingerprint density at radius 2 is 2.00 bits per heavy atom. The van der Waals surface area contributed by atoms with Crippen molar-refractivity contribution < 1.29 is 13.9 Å². The summed E-state index contributed by atoms with van der Waals surface area (Å²) >= 11 is 1.24. The van der Waals surface area contributed by atoms with Gasteiger partial charge in [0.15, 0.2) is 5.78 Å². The quantitative estimate of drug-likeness (QED) is 0.323. The van der Waals surface area contributed by atoms with Crippen LogP contribution in [0.2, 0.25) is 0 Å². The summed E-state index contributed by atoms with van der Waals surface area (Å²) in [7, 11) is 0. The van der Waals surface area contributed by atoms with Gasteiger partial charge in [-0.1, -0.05) is 11.8 Å². The Labute approximate surface area is 178 Å². The van der Waals surface area contributed by atoms with Gasteiger partial charge in [-0.25, -0.2) is 0 Å². The number of thioether (sulfide) groups is 1. The zero-order valence-corrected chi connectivity index (χ0v) is 17.8. The van der Waals surface area contributed by atoms with Gasteiger partial charge in [0, 0.05) is 28.8 Å². The van der Waals surface area contributed by atoms with Crippen LogP contribution >= 0.6 is 11.8 Å². The fourth-order valence-corrected chi connectivity index (χ4v) is 3.99. The van der Waals surface area contributed by atoms with Crippen molar-refractivity contribution in [1.82, 2.24) is 19.7 Å². The van der Waals surface area contributed by atoms with Crippen LogP contribution < -0.4 is 4.74 Å². The molecule has 4 aromatic rings.